The Labute approximate surface area is 101 Å². The first kappa shape index (κ1) is 10.6. The number of hydrogen-bond acceptors (Lipinski definition) is 2. The number of aliphatic hydroxyl groups is 1. The molecule has 1 atom stereocenters. The van der Waals surface area contributed by atoms with Crippen molar-refractivity contribution in [3.05, 3.63) is 47.2 Å². The normalized spacial score (nSPS) is 15.9. The Morgan fingerprint density at radius 2 is 1.94 bits per heavy atom. The van der Waals surface area contributed by atoms with E-state index in [9.17, 15) is 5.11 Å². The molecule has 1 aromatic carbocycles. The Hall–Kier alpha value is -1.54. The van der Waals surface area contributed by atoms with Crippen LogP contribution in [0, 0.1) is 0 Å². The smallest absolute Gasteiger partial charge is 0.134 e. The molecule has 1 aliphatic rings. The fourth-order valence-corrected chi connectivity index (χ4v) is 2.46. The average Bonchev–Trinajstić information content (AvgIpc) is 2.97. The SMILES string of the molecule is CC(O)c1ccc(-c2ccc3c(c2)CCC3)o1. The predicted octanol–water partition coefficient (Wildman–Crippen LogP) is 3.49. The monoisotopic (exact) mass is 228 g/mol. The summed E-state index contributed by atoms with van der Waals surface area (Å²) in [5.41, 5.74) is 4.02. The van der Waals surface area contributed by atoms with Crippen molar-refractivity contribution in [2.75, 3.05) is 0 Å². The van der Waals surface area contributed by atoms with Gasteiger partial charge in [-0.15, -0.1) is 0 Å². The molecule has 1 unspecified atom stereocenters. The van der Waals surface area contributed by atoms with Crippen molar-refractivity contribution in [1.82, 2.24) is 0 Å². The van der Waals surface area contributed by atoms with Crippen LogP contribution in [0.5, 0.6) is 0 Å². The molecule has 1 aromatic heterocycles. The van der Waals surface area contributed by atoms with Gasteiger partial charge in [-0.3, -0.25) is 0 Å². The largest absolute Gasteiger partial charge is 0.458 e. The fraction of sp³-hybridized carbons (Fsp3) is 0.333. The van der Waals surface area contributed by atoms with Crippen LogP contribution in [0.3, 0.4) is 0 Å². The minimum Gasteiger partial charge on any atom is -0.458 e. The minimum atomic E-state index is -0.543. The molecule has 1 N–H and O–H groups in total. The summed E-state index contributed by atoms with van der Waals surface area (Å²) in [7, 11) is 0. The van der Waals surface area contributed by atoms with E-state index < -0.39 is 6.10 Å². The number of furan rings is 1. The summed E-state index contributed by atoms with van der Waals surface area (Å²) in [6.45, 7) is 1.71. The first-order chi connectivity index (χ1) is 8.24. The Morgan fingerprint density at radius 3 is 2.71 bits per heavy atom. The standard InChI is InChI=1S/C15H16O2/c1-10(16)14-7-8-15(17-14)13-6-5-11-3-2-4-12(11)9-13/h5-10,16H,2-4H2,1H3. The summed E-state index contributed by atoms with van der Waals surface area (Å²) in [4.78, 5) is 0. The molecule has 0 spiro atoms. The lowest BCUT2D eigenvalue weighted by Gasteiger charge is -2.03. The second kappa shape index (κ2) is 4.04. The van der Waals surface area contributed by atoms with Crippen LogP contribution in [0.25, 0.3) is 11.3 Å². The van der Waals surface area contributed by atoms with E-state index in [1.54, 1.807) is 6.92 Å². The summed E-state index contributed by atoms with van der Waals surface area (Å²) in [6, 6.07) is 10.3. The van der Waals surface area contributed by atoms with E-state index in [1.165, 1.54) is 30.4 Å². The summed E-state index contributed by atoms with van der Waals surface area (Å²) >= 11 is 0. The summed E-state index contributed by atoms with van der Waals surface area (Å²) in [5.74, 6) is 1.47. The molecule has 17 heavy (non-hydrogen) atoms. The van der Waals surface area contributed by atoms with Crippen molar-refractivity contribution in [1.29, 1.82) is 0 Å². The number of aryl methyl sites for hydroxylation is 2. The van der Waals surface area contributed by atoms with Crippen molar-refractivity contribution < 1.29 is 9.52 Å². The molecule has 1 heterocycles. The maximum Gasteiger partial charge on any atom is 0.134 e. The van der Waals surface area contributed by atoms with Crippen molar-refractivity contribution in [2.45, 2.75) is 32.3 Å². The van der Waals surface area contributed by atoms with E-state index in [0.717, 1.165) is 11.3 Å². The Morgan fingerprint density at radius 1 is 1.12 bits per heavy atom. The molecule has 2 nitrogen and oxygen atoms in total. The predicted molar refractivity (Wildman–Crippen MR) is 66.8 cm³/mol. The van der Waals surface area contributed by atoms with Gasteiger partial charge in [0.25, 0.3) is 0 Å². The quantitative estimate of drug-likeness (QED) is 0.853. The van der Waals surface area contributed by atoms with Gasteiger partial charge in [-0.2, -0.15) is 0 Å². The van der Waals surface area contributed by atoms with Crippen molar-refractivity contribution in [3.63, 3.8) is 0 Å². The molecular formula is C15H16O2. The van der Waals surface area contributed by atoms with Crippen LogP contribution in [-0.4, -0.2) is 5.11 Å². The van der Waals surface area contributed by atoms with Gasteiger partial charge in [0.15, 0.2) is 0 Å². The first-order valence-electron chi connectivity index (χ1n) is 6.14. The van der Waals surface area contributed by atoms with Crippen LogP contribution >= 0.6 is 0 Å². The molecule has 0 bridgehead atoms. The Bertz CT molecular complexity index is 538. The highest BCUT2D eigenvalue weighted by molar-refractivity contribution is 5.60. The minimum absolute atomic E-state index is 0.543. The molecule has 0 amide bonds. The summed E-state index contributed by atoms with van der Waals surface area (Å²) < 4.78 is 5.64. The summed E-state index contributed by atoms with van der Waals surface area (Å²) in [6.07, 6.45) is 3.09. The second-order valence-electron chi connectivity index (χ2n) is 4.72. The lowest BCUT2D eigenvalue weighted by Crippen LogP contribution is -1.86. The number of hydrogen-bond donors (Lipinski definition) is 1. The van der Waals surface area contributed by atoms with E-state index >= 15 is 0 Å². The molecule has 0 fully saturated rings. The van der Waals surface area contributed by atoms with E-state index in [1.807, 2.05) is 12.1 Å². The molecule has 2 heteroatoms. The molecule has 0 radical (unpaired) electrons. The van der Waals surface area contributed by atoms with E-state index in [4.69, 9.17) is 4.42 Å². The molecular weight excluding hydrogens is 212 g/mol. The van der Waals surface area contributed by atoms with Crippen LogP contribution in [0.15, 0.2) is 34.7 Å². The second-order valence-corrected chi connectivity index (χ2v) is 4.72. The number of rotatable bonds is 2. The van der Waals surface area contributed by atoms with Crippen LogP contribution in [0.2, 0.25) is 0 Å². The van der Waals surface area contributed by atoms with Gasteiger partial charge in [0.2, 0.25) is 0 Å². The van der Waals surface area contributed by atoms with Crippen LogP contribution in [-0.2, 0) is 12.8 Å². The number of fused-ring (bicyclic) bond motifs is 1. The maximum absolute atomic E-state index is 9.45. The lowest BCUT2D eigenvalue weighted by atomic mass is 10.1. The molecule has 0 saturated carbocycles. The molecule has 2 aromatic rings. The van der Waals surface area contributed by atoms with Crippen molar-refractivity contribution in [2.24, 2.45) is 0 Å². The van der Waals surface area contributed by atoms with Crippen molar-refractivity contribution >= 4 is 0 Å². The van der Waals surface area contributed by atoms with E-state index in [0.29, 0.717) is 5.76 Å². The highest BCUT2D eigenvalue weighted by Crippen LogP contribution is 2.30. The van der Waals surface area contributed by atoms with Gasteiger partial charge >= 0.3 is 0 Å². The van der Waals surface area contributed by atoms with Gasteiger partial charge in [-0.05, 0) is 55.5 Å². The third-order valence-corrected chi connectivity index (χ3v) is 3.42. The van der Waals surface area contributed by atoms with Crippen LogP contribution in [0.1, 0.15) is 36.3 Å². The lowest BCUT2D eigenvalue weighted by molar-refractivity contribution is 0.170. The Kier molecular flexibility index (Phi) is 2.52. The summed E-state index contributed by atoms with van der Waals surface area (Å²) in [5, 5.41) is 9.45. The zero-order valence-electron chi connectivity index (χ0n) is 9.94. The van der Waals surface area contributed by atoms with Gasteiger partial charge in [0, 0.05) is 5.56 Å². The fourth-order valence-electron chi connectivity index (χ4n) is 2.46. The van der Waals surface area contributed by atoms with Crippen LogP contribution in [0.4, 0.5) is 0 Å². The molecule has 1 aliphatic carbocycles. The van der Waals surface area contributed by atoms with E-state index in [-0.39, 0.29) is 0 Å². The van der Waals surface area contributed by atoms with Crippen molar-refractivity contribution in [3.8, 4) is 11.3 Å². The molecule has 3 rings (SSSR count). The zero-order valence-corrected chi connectivity index (χ0v) is 9.94. The molecule has 88 valence electrons. The average molecular weight is 228 g/mol. The Balaban J connectivity index is 1.97. The van der Waals surface area contributed by atoms with Gasteiger partial charge in [0.1, 0.15) is 17.6 Å². The number of benzene rings is 1. The van der Waals surface area contributed by atoms with Gasteiger partial charge in [-0.25, -0.2) is 0 Å². The third-order valence-electron chi connectivity index (χ3n) is 3.42. The van der Waals surface area contributed by atoms with Crippen LogP contribution < -0.4 is 0 Å². The van der Waals surface area contributed by atoms with Gasteiger partial charge in [0.05, 0.1) is 0 Å². The van der Waals surface area contributed by atoms with E-state index in [2.05, 4.69) is 18.2 Å². The highest BCUT2D eigenvalue weighted by atomic mass is 16.4. The highest BCUT2D eigenvalue weighted by Gasteiger charge is 2.13. The topological polar surface area (TPSA) is 33.4 Å². The molecule has 0 aliphatic heterocycles. The molecule has 0 saturated heterocycles. The first-order valence-corrected chi connectivity index (χ1v) is 6.14. The van der Waals surface area contributed by atoms with Gasteiger partial charge in [-0.1, -0.05) is 12.1 Å². The maximum atomic E-state index is 9.45. The van der Waals surface area contributed by atoms with Gasteiger partial charge < -0.3 is 9.52 Å². The third kappa shape index (κ3) is 1.89. The number of aliphatic hydroxyl groups excluding tert-OH is 1. The zero-order chi connectivity index (χ0) is 11.8.